The molecule has 0 aliphatic rings. The van der Waals surface area contributed by atoms with Crippen molar-refractivity contribution in [3.8, 4) is 0 Å². The van der Waals surface area contributed by atoms with E-state index in [9.17, 15) is 0 Å². The average molecular weight is 179 g/mol. The fraction of sp³-hybridized carbons (Fsp3) is 0.667. The molecular formula is C6H11BrO. The van der Waals surface area contributed by atoms with Crippen LogP contribution < -0.4 is 0 Å². The minimum Gasteiger partial charge on any atom is -0.388 e. The van der Waals surface area contributed by atoms with E-state index >= 15 is 0 Å². The minimum absolute atomic E-state index is 0.152. The highest BCUT2D eigenvalue weighted by Gasteiger charge is 2.03. The summed E-state index contributed by atoms with van der Waals surface area (Å²) in [5, 5.41) is 8.99. The van der Waals surface area contributed by atoms with Gasteiger partial charge >= 0.3 is 0 Å². The normalized spacial score (nSPS) is 19.0. The van der Waals surface area contributed by atoms with Crippen LogP contribution in [0.2, 0.25) is 0 Å². The summed E-state index contributed by atoms with van der Waals surface area (Å²) in [6, 6.07) is 0. The summed E-state index contributed by atoms with van der Waals surface area (Å²) in [6.07, 6.45) is 3.24. The van der Waals surface area contributed by atoms with Crippen molar-refractivity contribution in [1.82, 2.24) is 0 Å². The summed E-state index contributed by atoms with van der Waals surface area (Å²) in [5.74, 6) is 0. The molecule has 2 atom stereocenters. The van der Waals surface area contributed by atoms with Crippen LogP contribution in [0.3, 0.4) is 0 Å². The van der Waals surface area contributed by atoms with Crippen molar-refractivity contribution in [1.29, 1.82) is 0 Å². The number of alkyl halides is 1. The molecule has 0 fully saturated rings. The summed E-state index contributed by atoms with van der Waals surface area (Å²) >= 11 is 3.24. The number of allylic oxidation sites excluding steroid dienone is 1. The quantitative estimate of drug-likeness (QED) is 0.505. The smallest absolute Gasteiger partial charge is 0.0843 e. The summed E-state index contributed by atoms with van der Waals surface area (Å²) in [7, 11) is 0. The van der Waals surface area contributed by atoms with Crippen molar-refractivity contribution < 1.29 is 5.11 Å². The molecule has 48 valence electrons. The van der Waals surface area contributed by atoms with Gasteiger partial charge in [0.25, 0.3) is 0 Å². The molecule has 0 aliphatic carbocycles. The molecule has 0 amide bonds. The van der Waals surface area contributed by atoms with Crippen molar-refractivity contribution in [3.63, 3.8) is 0 Å². The number of halogens is 1. The van der Waals surface area contributed by atoms with Gasteiger partial charge in [0, 0.05) is 4.83 Å². The second-order valence-corrected chi connectivity index (χ2v) is 3.14. The maximum atomic E-state index is 8.99. The number of rotatable bonds is 2. The Hall–Kier alpha value is 0.180. The molecule has 0 bridgehead atoms. The molecular weight excluding hydrogens is 168 g/mol. The van der Waals surface area contributed by atoms with Gasteiger partial charge in [-0.05, 0) is 13.8 Å². The topological polar surface area (TPSA) is 20.2 Å². The predicted octanol–water partition coefficient (Wildman–Crippen LogP) is 1.71. The highest BCUT2D eigenvalue weighted by atomic mass is 79.9. The molecule has 1 N–H and O–H groups in total. The van der Waals surface area contributed by atoms with Crippen LogP contribution in [0, 0.1) is 0 Å². The Morgan fingerprint density at radius 1 is 1.62 bits per heavy atom. The third-order valence-corrected chi connectivity index (χ3v) is 1.40. The van der Waals surface area contributed by atoms with Gasteiger partial charge in [0.15, 0.2) is 0 Å². The molecule has 2 heteroatoms. The highest BCUT2D eigenvalue weighted by molar-refractivity contribution is 9.09. The second-order valence-electron chi connectivity index (χ2n) is 1.69. The molecule has 0 aromatic carbocycles. The van der Waals surface area contributed by atoms with Crippen molar-refractivity contribution in [3.05, 3.63) is 12.2 Å². The molecule has 0 rings (SSSR count). The van der Waals surface area contributed by atoms with Crippen molar-refractivity contribution in [2.45, 2.75) is 24.8 Å². The number of aliphatic hydroxyl groups excluding tert-OH is 1. The van der Waals surface area contributed by atoms with Gasteiger partial charge in [0.1, 0.15) is 0 Å². The molecule has 8 heavy (non-hydrogen) atoms. The Morgan fingerprint density at radius 2 is 2.12 bits per heavy atom. The van der Waals surface area contributed by atoms with Crippen LogP contribution in [0.25, 0.3) is 0 Å². The van der Waals surface area contributed by atoms with Crippen LogP contribution >= 0.6 is 15.9 Å². The van der Waals surface area contributed by atoms with E-state index in [4.69, 9.17) is 5.11 Å². The molecule has 0 spiro atoms. The van der Waals surface area contributed by atoms with Gasteiger partial charge < -0.3 is 5.11 Å². The molecule has 2 unspecified atom stereocenters. The lowest BCUT2D eigenvalue weighted by atomic mass is 10.2. The SMILES string of the molecule is C/C=C/C(O)C(C)Br. The van der Waals surface area contributed by atoms with Crippen molar-refractivity contribution in [2.75, 3.05) is 0 Å². The molecule has 0 aliphatic heterocycles. The second kappa shape index (κ2) is 4.10. The van der Waals surface area contributed by atoms with Gasteiger partial charge in [0.05, 0.1) is 6.10 Å². The molecule has 0 saturated heterocycles. The summed E-state index contributed by atoms with van der Waals surface area (Å²) in [5.41, 5.74) is 0. The third kappa shape index (κ3) is 3.22. The van der Waals surface area contributed by atoms with Gasteiger partial charge in [-0.25, -0.2) is 0 Å². The lowest BCUT2D eigenvalue weighted by Crippen LogP contribution is -2.12. The lowest BCUT2D eigenvalue weighted by Gasteiger charge is -2.05. The maximum absolute atomic E-state index is 8.99. The maximum Gasteiger partial charge on any atom is 0.0843 e. The molecule has 0 saturated carbocycles. The first-order valence-corrected chi connectivity index (χ1v) is 3.55. The van der Waals surface area contributed by atoms with E-state index in [0.717, 1.165) is 0 Å². The summed E-state index contributed by atoms with van der Waals surface area (Å²) < 4.78 is 0. The largest absolute Gasteiger partial charge is 0.388 e. The van der Waals surface area contributed by atoms with Crippen molar-refractivity contribution >= 4 is 15.9 Å². The Bertz CT molecular complexity index is 78.6. The summed E-state index contributed by atoms with van der Waals surface area (Å²) in [6.45, 7) is 3.79. The molecule has 0 aromatic heterocycles. The fourth-order valence-corrected chi connectivity index (χ4v) is 0.527. The van der Waals surface area contributed by atoms with E-state index < -0.39 is 0 Å². The zero-order chi connectivity index (χ0) is 6.57. The monoisotopic (exact) mass is 178 g/mol. The van der Waals surface area contributed by atoms with Gasteiger partial charge in [-0.15, -0.1) is 0 Å². The van der Waals surface area contributed by atoms with Crippen LogP contribution in [0.5, 0.6) is 0 Å². The Morgan fingerprint density at radius 3 is 2.25 bits per heavy atom. The molecule has 0 radical (unpaired) electrons. The number of aliphatic hydroxyl groups is 1. The number of hydrogen-bond acceptors (Lipinski definition) is 1. The first-order chi connectivity index (χ1) is 3.68. The zero-order valence-corrected chi connectivity index (χ0v) is 6.72. The summed E-state index contributed by atoms with van der Waals surface area (Å²) in [4.78, 5) is 0.152. The Kier molecular flexibility index (Phi) is 4.19. The Balaban J connectivity index is 3.47. The van der Waals surface area contributed by atoms with Crippen LogP contribution in [0.4, 0.5) is 0 Å². The van der Waals surface area contributed by atoms with E-state index in [0.29, 0.717) is 0 Å². The average Bonchev–Trinajstić information content (AvgIpc) is 1.67. The standard InChI is InChI=1S/C6H11BrO/c1-3-4-6(8)5(2)7/h3-6,8H,1-2H3/b4-3+. The van der Waals surface area contributed by atoms with E-state index in [1.165, 1.54) is 0 Å². The van der Waals surface area contributed by atoms with Crippen LogP contribution in [-0.4, -0.2) is 16.0 Å². The minimum atomic E-state index is -0.347. The molecule has 0 heterocycles. The molecule has 0 aromatic rings. The predicted molar refractivity (Wildman–Crippen MR) is 39.2 cm³/mol. The van der Waals surface area contributed by atoms with E-state index in [2.05, 4.69) is 15.9 Å². The van der Waals surface area contributed by atoms with Crippen LogP contribution in [-0.2, 0) is 0 Å². The van der Waals surface area contributed by atoms with Gasteiger partial charge in [-0.2, -0.15) is 0 Å². The third-order valence-electron chi connectivity index (χ3n) is 0.860. The van der Waals surface area contributed by atoms with Gasteiger partial charge in [0.2, 0.25) is 0 Å². The Labute approximate surface area is 58.5 Å². The first kappa shape index (κ1) is 8.18. The fourth-order valence-electron chi connectivity index (χ4n) is 0.350. The van der Waals surface area contributed by atoms with E-state index in [-0.39, 0.29) is 10.9 Å². The lowest BCUT2D eigenvalue weighted by molar-refractivity contribution is 0.226. The van der Waals surface area contributed by atoms with Crippen LogP contribution in [0.1, 0.15) is 13.8 Å². The van der Waals surface area contributed by atoms with E-state index in [1.54, 1.807) is 6.08 Å². The number of hydrogen-bond donors (Lipinski definition) is 1. The highest BCUT2D eigenvalue weighted by Crippen LogP contribution is 2.04. The van der Waals surface area contributed by atoms with Gasteiger partial charge in [-0.3, -0.25) is 0 Å². The molecule has 1 nitrogen and oxygen atoms in total. The van der Waals surface area contributed by atoms with Crippen LogP contribution in [0.15, 0.2) is 12.2 Å². The van der Waals surface area contributed by atoms with E-state index in [1.807, 2.05) is 19.9 Å². The van der Waals surface area contributed by atoms with Gasteiger partial charge in [-0.1, -0.05) is 28.1 Å². The first-order valence-electron chi connectivity index (χ1n) is 2.63. The zero-order valence-electron chi connectivity index (χ0n) is 5.13. The van der Waals surface area contributed by atoms with Crippen molar-refractivity contribution in [2.24, 2.45) is 0 Å².